The van der Waals surface area contributed by atoms with Crippen LogP contribution in [0.4, 0.5) is 24.5 Å². The Morgan fingerprint density at radius 3 is 2.38 bits per heavy atom. The third-order valence-electron chi connectivity index (χ3n) is 7.42. The standard InChI is InChI=1S/C23H29F3N2O2S2/c24-23(25,26)18-4-5-20(28-6-8-30-9-7-28)19(14-18)27-21(29)15-12-16-2-1-3-17(13-15)22(16)31-10-11-32-22/h4-5,14-17H,1-3,6-13H2,(H,27,29). The van der Waals surface area contributed by atoms with E-state index in [1.807, 2.05) is 4.90 Å². The van der Waals surface area contributed by atoms with Gasteiger partial charge in [-0.1, -0.05) is 6.42 Å². The molecule has 2 bridgehead atoms. The predicted octanol–water partition coefficient (Wildman–Crippen LogP) is 5.48. The van der Waals surface area contributed by atoms with Crippen LogP contribution in [0, 0.1) is 17.8 Å². The number of anilines is 2. The van der Waals surface area contributed by atoms with E-state index in [-0.39, 0.29) is 21.6 Å². The zero-order chi connectivity index (χ0) is 22.3. The number of alkyl halides is 3. The SMILES string of the molecule is O=C(Nc1cc(C(F)(F)F)ccc1N1CCOCC1)C1CC2CCCC(C1)C21SCCS1. The highest BCUT2D eigenvalue weighted by Crippen LogP contribution is 2.64. The third-order valence-corrected chi connectivity index (χ3v) is 11.4. The van der Waals surface area contributed by atoms with E-state index in [1.165, 1.54) is 24.0 Å². The summed E-state index contributed by atoms with van der Waals surface area (Å²) in [5.74, 6) is 3.14. The number of halogens is 3. The number of carbonyl (C=O) groups is 1. The Balaban J connectivity index is 1.37. The first-order valence-corrected chi connectivity index (χ1v) is 13.5. The lowest BCUT2D eigenvalue weighted by atomic mass is 9.67. The van der Waals surface area contributed by atoms with Crippen molar-refractivity contribution in [2.75, 3.05) is 48.0 Å². The first kappa shape index (κ1) is 22.7. The van der Waals surface area contributed by atoms with Gasteiger partial charge in [0.1, 0.15) is 0 Å². The topological polar surface area (TPSA) is 41.6 Å². The summed E-state index contributed by atoms with van der Waals surface area (Å²) >= 11 is 4.18. The van der Waals surface area contributed by atoms with Crippen LogP contribution in [-0.2, 0) is 15.7 Å². The summed E-state index contributed by atoms with van der Waals surface area (Å²) in [5.41, 5.74) is 0.175. The maximum Gasteiger partial charge on any atom is 0.416 e. The van der Waals surface area contributed by atoms with Crippen LogP contribution in [-0.4, -0.2) is 47.8 Å². The minimum Gasteiger partial charge on any atom is -0.378 e. The van der Waals surface area contributed by atoms with Crippen LogP contribution in [0.25, 0.3) is 0 Å². The molecule has 9 heteroatoms. The molecule has 1 amide bonds. The summed E-state index contributed by atoms with van der Waals surface area (Å²) in [4.78, 5) is 15.3. The fourth-order valence-corrected chi connectivity index (χ4v) is 9.89. The number of benzene rings is 1. The Labute approximate surface area is 195 Å². The predicted molar refractivity (Wildman–Crippen MR) is 124 cm³/mol. The Hall–Kier alpha value is -1.06. The molecule has 2 saturated heterocycles. The van der Waals surface area contributed by atoms with Gasteiger partial charge in [-0.2, -0.15) is 13.2 Å². The van der Waals surface area contributed by atoms with Crippen molar-refractivity contribution >= 4 is 40.8 Å². The van der Waals surface area contributed by atoms with Gasteiger partial charge in [0, 0.05) is 30.5 Å². The van der Waals surface area contributed by atoms with E-state index < -0.39 is 11.7 Å². The van der Waals surface area contributed by atoms with Gasteiger partial charge in [-0.3, -0.25) is 4.79 Å². The largest absolute Gasteiger partial charge is 0.416 e. The molecule has 1 spiro atoms. The normalized spacial score (nSPS) is 29.8. The number of morpholine rings is 1. The maximum atomic E-state index is 13.4. The lowest BCUT2D eigenvalue weighted by molar-refractivity contribution is -0.137. The molecular formula is C23H29F3N2O2S2. The molecule has 0 aromatic heterocycles. The maximum absolute atomic E-state index is 13.4. The average Bonchev–Trinajstić information content (AvgIpc) is 3.23. The van der Waals surface area contributed by atoms with Crippen LogP contribution in [0.3, 0.4) is 0 Å². The summed E-state index contributed by atoms with van der Waals surface area (Å²) < 4.78 is 45.9. The van der Waals surface area contributed by atoms with Crippen molar-refractivity contribution < 1.29 is 22.7 Å². The zero-order valence-electron chi connectivity index (χ0n) is 18.0. The molecule has 32 heavy (non-hydrogen) atoms. The van der Waals surface area contributed by atoms with Gasteiger partial charge in [0.05, 0.1) is 34.2 Å². The van der Waals surface area contributed by atoms with Gasteiger partial charge in [0.2, 0.25) is 5.91 Å². The number of thioether (sulfide) groups is 2. The second-order valence-electron chi connectivity index (χ2n) is 9.23. The van der Waals surface area contributed by atoms with E-state index in [9.17, 15) is 18.0 Å². The van der Waals surface area contributed by atoms with Crippen molar-refractivity contribution in [3.8, 4) is 0 Å². The second-order valence-corrected chi connectivity index (χ2v) is 12.2. The van der Waals surface area contributed by atoms with Crippen LogP contribution in [0.1, 0.15) is 37.7 Å². The molecule has 4 nitrogen and oxygen atoms in total. The molecule has 176 valence electrons. The molecule has 1 aromatic rings. The van der Waals surface area contributed by atoms with Crippen LogP contribution in [0.2, 0.25) is 0 Å². The Morgan fingerprint density at radius 1 is 1.09 bits per heavy atom. The number of nitrogens with zero attached hydrogens (tertiary/aromatic N) is 1. The molecular weight excluding hydrogens is 457 g/mol. The van der Waals surface area contributed by atoms with Gasteiger partial charge < -0.3 is 15.0 Å². The zero-order valence-corrected chi connectivity index (χ0v) is 19.6. The third kappa shape index (κ3) is 4.25. The van der Waals surface area contributed by atoms with Gasteiger partial charge in [-0.25, -0.2) is 0 Å². The molecule has 2 unspecified atom stereocenters. The summed E-state index contributed by atoms with van der Waals surface area (Å²) in [6, 6.07) is 3.68. The molecule has 0 radical (unpaired) electrons. The van der Waals surface area contributed by atoms with Gasteiger partial charge in [-0.15, -0.1) is 23.5 Å². The average molecular weight is 487 g/mol. The van der Waals surface area contributed by atoms with E-state index in [0.717, 1.165) is 37.8 Å². The van der Waals surface area contributed by atoms with E-state index in [2.05, 4.69) is 28.8 Å². The summed E-state index contributed by atoms with van der Waals surface area (Å²) in [6.07, 6.45) is 0.767. The number of carbonyl (C=O) groups excluding carboxylic acids is 1. The quantitative estimate of drug-likeness (QED) is 0.613. The van der Waals surface area contributed by atoms with Gasteiger partial charge in [0.25, 0.3) is 0 Å². The second kappa shape index (κ2) is 8.95. The van der Waals surface area contributed by atoms with Crippen LogP contribution in [0.5, 0.6) is 0 Å². The number of hydrogen-bond donors (Lipinski definition) is 1. The van der Waals surface area contributed by atoms with Crippen LogP contribution in [0.15, 0.2) is 18.2 Å². The highest BCUT2D eigenvalue weighted by atomic mass is 32.2. The molecule has 1 N–H and O–H groups in total. The lowest BCUT2D eigenvalue weighted by Crippen LogP contribution is -2.48. The Kier molecular flexibility index (Phi) is 6.35. The summed E-state index contributed by atoms with van der Waals surface area (Å²) in [5, 5.41) is 2.92. The fraction of sp³-hybridized carbons (Fsp3) is 0.696. The molecule has 2 aliphatic heterocycles. The fourth-order valence-electron chi connectivity index (χ4n) is 5.95. The van der Waals surface area contributed by atoms with Gasteiger partial charge in [0.15, 0.2) is 0 Å². The highest BCUT2D eigenvalue weighted by Gasteiger charge is 2.55. The highest BCUT2D eigenvalue weighted by molar-refractivity contribution is 8.21. The van der Waals surface area contributed by atoms with E-state index in [1.54, 1.807) is 0 Å². The van der Waals surface area contributed by atoms with Gasteiger partial charge >= 0.3 is 6.18 Å². The molecule has 2 aliphatic carbocycles. The Bertz CT molecular complexity index is 838. The van der Waals surface area contributed by atoms with E-state index in [0.29, 0.717) is 43.8 Å². The number of rotatable bonds is 3. The molecule has 2 atom stereocenters. The van der Waals surface area contributed by atoms with Crippen molar-refractivity contribution in [2.45, 2.75) is 42.4 Å². The number of hydrogen-bond acceptors (Lipinski definition) is 5. The van der Waals surface area contributed by atoms with E-state index >= 15 is 0 Å². The summed E-state index contributed by atoms with van der Waals surface area (Å²) in [7, 11) is 0. The lowest BCUT2D eigenvalue weighted by Gasteiger charge is -2.52. The number of amides is 1. The first-order valence-electron chi connectivity index (χ1n) is 11.5. The first-order chi connectivity index (χ1) is 15.4. The number of ether oxygens (including phenoxy) is 1. The van der Waals surface area contributed by atoms with E-state index in [4.69, 9.17) is 4.74 Å². The van der Waals surface area contributed by atoms with Crippen molar-refractivity contribution in [2.24, 2.45) is 17.8 Å². The monoisotopic (exact) mass is 486 g/mol. The van der Waals surface area contributed by atoms with Crippen LogP contribution < -0.4 is 10.2 Å². The molecule has 1 aromatic carbocycles. The number of nitrogens with one attached hydrogen (secondary N) is 1. The minimum atomic E-state index is -4.45. The van der Waals surface area contributed by atoms with Crippen LogP contribution >= 0.6 is 23.5 Å². The molecule has 2 saturated carbocycles. The molecule has 5 rings (SSSR count). The van der Waals surface area contributed by atoms with Crippen molar-refractivity contribution in [1.82, 2.24) is 0 Å². The summed E-state index contributed by atoms with van der Waals surface area (Å²) in [6.45, 7) is 2.24. The van der Waals surface area contributed by atoms with Gasteiger partial charge in [-0.05, 0) is 55.7 Å². The smallest absolute Gasteiger partial charge is 0.378 e. The van der Waals surface area contributed by atoms with Crippen molar-refractivity contribution in [3.05, 3.63) is 23.8 Å². The Morgan fingerprint density at radius 2 is 1.75 bits per heavy atom. The molecule has 4 aliphatic rings. The minimum absolute atomic E-state index is 0.126. The molecule has 2 heterocycles. The molecule has 4 fully saturated rings. The van der Waals surface area contributed by atoms with Crippen molar-refractivity contribution in [3.63, 3.8) is 0 Å². The van der Waals surface area contributed by atoms with Crippen molar-refractivity contribution in [1.29, 1.82) is 0 Å².